The van der Waals surface area contributed by atoms with E-state index in [-0.39, 0.29) is 17.9 Å². The summed E-state index contributed by atoms with van der Waals surface area (Å²) >= 11 is 1.94. The molecule has 0 aromatic carbocycles. The maximum atomic E-state index is 11.6. The molecule has 0 aromatic rings. The first-order valence-electron chi connectivity index (χ1n) is 6.14. The number of carbonyl (C=O) groups excluding carboxylic acids is 2. The van der Waals surface area contributed by atoms with Gasteiger partial charge in [-0.2, -0.15) is 11.8 Å². The highest BCUT2D eigenvalue weighted by molar-refractivity contribution is 7.99. The molecule has 17 heavy (non-hydrogen) atoms. The Morgan fingerprint density at radius 3 is 2.82 bits per heavy atom. The van der Waals surface area contributed by atoms with E-state index < -0.39 is 0 Å². The van der Waals surface area contributed by atoms with Gasteiger partial charge in [-0.15, -0.1) is 0 Å². The number of hydrogen-bond donors (Lipinski definition) is 2. The fourth-order valence-corrected chi connectivity index (χ4v) is 3.79. The van der Waals surface area contributed by atoms with Crippen molar-refractivity contribution in [2.24, 2.45) is 5.41 Å². The first kappa shape index (κ1) is 12.9. The Balaban J connectivity index is 1.88. The van der Waals surface area contributed by atoms with Gasteiger partial charge in [-0.05, 0) is 24.0 Å². The van der Waals surface area contributed by atoms with Crippen LogP contribution in [0.5, 0.6) is 0 Å². The number of thioether (sulfide) groups is 1. The van der Waals surface area contributed by atoms with Crippen LogP contribution in [-0.4, -0.2) is 35.4 Å². The molecule has 0 saturated carbocycles. The van der Waals surface area contributed by atoms with Gasteiger partial charge in [0.1, 0.15) is 0 Å². The maximum Gasteiger partial charge on any atom is 0.243 e. The molecule has 2 unspecified atom stereocenters. The second-order valence-electron chi connectivity index (χ2n) is 5.75. The number of nitrogens with one attached hydrogen (secondary N) is 2. The molecule has 0 bridgehead atoms. The molecule has 0 aromatic heterocycles. The van der Waals surface area contributed by atoms with E-state index in [4.69, 9.17) is 0 Å². The van der Waals surface area contributed by atoms with Gasteiger partial charge in [-0.1, -0.05) is 13.8 Å². The monoisotopic (exact) mass is 256 g/mol. The first-order chi connectivity index (χ1) is 7.96. The van der Waals surface area contributed by atoms with E-state index in [0.717, 1.165) is 12.2 Å². The molecular formula is C12H20N2O2S. The summed E-state index contributed by atoms with van der Waals surface area (Å²) in [6, 6.07) is 0.194. The third-order valence-electron chi connectivity index (χ3n) is 3.29. The lowest BCUT2D eigenvalue weighted by atomic mass is 9.87. The summed E-state index contributed by atoms with van der Waals surface area (Å²) in [6.07, 6.45) is 2.18. The minimum atomic E-state index is -0.188. The van der Waals surface area contributed by atoms with Gasteiger partial charge in [0.25, 0.3) is 0 Å². The van der Waals surface area contributed by atoms with Gasteiger partial charge in [-0.3, -0.25) is 14.9 Å². The van der Waals surface area contributed by atoms with Crippen molar-refractivity contribution in [3.63, 3.8) is 0 Å². The van der Waals surface area contributed by atoms with Crippen LogP contribution in [0.1, 0.15) is 33.1 Å². The average Bonchev–Trinajstić information content (AvgIpc) is 2.21. The Bertz CT molecular complexity index is 330. The van der Waals surface area contributed by atoms with Gasteiger partial charge in [0.15, 0.2) is 0 Å². The van der Waals surface area contributed by atoms with Crippen LogP contribution in [0.25, 0.3) is 0 Å². The van der Waals surface area contributed by atoms with Crippen molar-refractivity contribution in [2.75, 3.05) is 11.5 Å². The molecule has 4 nitrogen and oxygen atoms in total. The Kier molecular flexibility index (Phi) is 3.78. The van der Waals surface area contributed by atoms with E-state index in [1.807, 2.05) is 11.8 Å². The topological polar surface area (TPSA) is 58.2 Å². The first-order valence-corrected chi connectivity index (χ1v) is 7.29. The van der Waals surface area contributed by atoms with Gasteiger partial charge in [-0.25, -0.2) is 0 Å². The van der Waals surface area contributed by atoms with Gasteiger partial charge >= 0.3 is 0 Å². The van der Waals surface area contributed by atoms with Crippen LogP contribution in [0.3, 0.4) is 0 Å². The zero-order valence-electron chi connectivity index (χ0n) is 10.4. The van der Waals surface area contributed by atoms with Crippen molar-refractivity contribution in [1.82, 2.24) is 10.6 Å². The van der Waals surface area contributed by atoms with Crippen LogP contribution < -0.4 is 10.6 Å². The predicted octanol–water partition coefficient (Wildman–Crippen LogP) is 0.913. The molecule has 2 aliphatic rings. The van der Waals surface area contributed by atoms with Gasteiger partial charge in [0.05, 0.1) is 6.04 Å². The summed E-state index contributed by atoms with van der Waals surface area (Å²) in [7, 11) is 0. The Labute approximate surface area is 106 Å². The number of rotatable bonds is 2. The van der Waals surface area contributed by atoms with E-state index >= 15 is 0 Å². The summed E-state index contributed by atoms with van der Waals surface area (Å²) in [5, 5.41) is 5.79. The average molecular weight is 256 g/mol. The fourth-order valence-electron chi connectivity index (χ4n) is 2.51. The highest BCUT2D eigenvalue weighted by Gasteiger charge is 2.33. The second kappa shape index (κ2) is 4.98. The summed E-state index contributed by atoms with van der Waals surface area (Å²) < 4.78 is 0. The quantitative estimate of drug-likeness (QED) is 0.721. The molecular weight excluding hydrogens is 236 g/mol. The van der Waals surface area contributed by atoms with Crippen LogP contribution in [-0.2, 0) is 9.59 Å². The zero-order valence-corrected chi connectivity index (χ0v) is 11.2. The summed E-state index contributed by atoms with van der Waals surface area (Å²) in [5.74, 6) is 1.93. The van der Waals surface area contributed by atoms with Crippen molar-refractivity contribution < 1.29 is 9.59 Å². The van der Waals surface area contributed by atoms with Crippen molar-refractivity contribution in [2.45, 2.75) is 45.2 Å². The third-order valence-corrected chi connectivity index (χ3v) is 4.91. The molecule has 0 spiro atoms. The Hall–Kier alpha value is -0.550. The lowest BCUT2D eigenvalue weighted by molar-refractivity contribution is -0.134. The molecule has 2 fully saturated rings. The van der Waals surface area contributed by atoms with Crippen LogP contribution in [0, 0.1) is 5.41 Å². The van der Waals surface area contributed by atoms with Crippen molar-refractivity contribution in [1.29, 1.82) is 0 Å². The molecule has 2 saturated heterocycles. The van der Waals surface area contributed by atoms with Crippen LogP contribution in [0.15, 0.2) is 0 Å². The zero-order chi connectivity index (χ0) is 12.5. The summed E-state index contributed by atoms with van der Waals surface area (Å²) in [4.78, 5) is 22.7. The molecule has 2 amide bonds. The predicted molar refractivity (Wildman–Crippen MR) is 68.8 cm³/mol. The van der Waals surface area contributed by atoms with Crippen molar-refractivity contribution in [3.8, 4) is 0 Å². The van der Waals surface area contributed by atoms with E-state index in [1.165, 1.54) is 5.75 Å². The molecule has 0 radical (unpaired) electrons. The molecule has 2 rings (SSSR count). The molecule has 2 heterocycles. The number of imide groups is 1. The minimum absolute atomic E-state index is 0.147. The molecule has 96 valence electrons. The minimum Gasteiger partial charge on any atom is -0.302 e. The maximum absolute atomic E-state index is 11.6. The van der Waals surface area contributed by atoms with Crippen LogP contribution in [0.4, 0.5) is 0 Å². The highest BCUT2D eigenvalue weighted by atomic mass is 32.2. The van der Waals surface area contributed by atoms with Gasteiger partial charge in [0.2, 0.25) is 11.8 Å². The second-order valence-corrected chi connectivity index (χ2v) is 6.78. The molecule has 0 aliphatic carbocycles. The third kappa shape index (κ3) is 3.45. The Morgan fingerprint density at radius 2 is 2.18 bits per heavy atom. The molecule has 2 aliphatic heterocycles. The number of amides is 2. The lowest BCUT2D eigenvalue weighted by Crippen LogP contribution is -2.55. The van der Waals surface area contributed by atoms with Gasteiger partial charge in [0, 0.05) is 18.2 Å². The largest absolute Gasteiger partial charge is 0.302 e. The van der Waals surface area contributed by atoms with Crippen LogP contribution >= 0.6 is 11.8 Å². The van der Waals surface area contributed by atoms with Crippen molar-refractivity contribution >= 4 is 23.6 Å². The smallest absolute Gasteiger partial charge is 0.243 e. The van der Waals surface area contributed by atoms with Crippen molar-refractivity contribution in [3.05, 3.63) is 0 Å². The summed E-state index contributed by atoms with van der Waals surface area (Å²) in [6.45, 7) is 4.52. The van der Waals surface area contributed by atoms with Gasteiger partial charge < -0.3 is 5.32 Å². The normalized spacial score (nSPS) is 33.3. The fraction of sp³-hybridized carbons (Fsp3) is 0.833. The standard InChI is InChI=1S/C12H20N2O2S/c1-12(2)5-8(6-17-7-12)13-9-3-4-10(15)14-11(9)16/h8-9,13H,3-7H2,1-2H3,(H,14,15,16). The molecule has 5 heteroatoms. The number of hydrogen-bond acceptors (Lipinski definition) is 4. The van der Waals surface area contributed by atoms with E-state index in [1.54, 1.807) is 0 Å². The van der Waals surface area contributed by atoms with E-state index in [0.29, 0.717) is 24.3 Å². The lowest BCUT2D eigenvalue weighted by Gasteiger charge is -2.37. The molecule has 2 N–H and O–H groups in total. The highest BCUT2D eigenvalue weighted by Crippen LogP contribution is 2.33. The number of carbonyl (C=O) groups is 2. The molecule has 2 atom stereocenters. The number of piperidine rings is 1. The summed E-state index contributed by atoms with van der Waals surface area (Å²) in [5.41, 5.74) is 0.335. The SMILES string of the molecule is CC1(C)CSCC(NC2CCC(=O)NC2=O)C1. The van der Waals surface area contributed by atoms with E-state index in [9.17, 15) is 9.59 Å². The van der Waals surface area contributed by atoms with Crippen LogP contribution in [0.2, 0.25) is 0 Å². The Morgan fingerprint density at radius 1 is 1.41 bits per heavy atom. The van der Waals surface area contributed by atoms with E-state index in [2.05, 4.69) is 24.5 Å².